The lowest BCUT2D eigenvalue weighted by Gasteiger charge is -2.32. The number of nitrogens with one attached hydrogen (secondary N) is 1. The lowest BCUT2D eigenvalue weighted by Crippen LogP contribution is -2.34. The van der Waals surface area contributed by atoms with E-state index in [1.54, 1.807) is 0 Å². The summed E-state index contributed by atoms with van der Waals surface area (Å²) in [5.41, 5.74) is 1.23. The molecule has 1 aliphatic heterocycles. The number of rotatable bonds is 5. The van der Waals surface area contributed by atoms with Gasteiger partial charge in [-0.1, -0.05) is 13.8 Å². The van der Waals surface area contributed by atoms with Crippen LogP contribution in [-0.2, 0) is 11.3 Å². The largest absolute Gasteiger partial charge is 0.373 e. The summed E-state index contributed by atoms with van der Waals surface area (Å²) in [5, 5.41) is 7.88. The molecule has 1 saturated heterocycles. The first-order valence-electron chi connectivity index (χ1n) is 7.08. The molecule has 0 radical (unpaired) electrons. The minimum absolute atomic E-state index is 0.213. The molecule has 2 atom stereocenters. The van der Waals surface area contributed by atoms with E-state index in [2.05, 4.69) is 37.4 Å². The normalized spacial score (nSPS) is 24.7. The molecule has 0 amide bonds. The molecule has 0 aromatic carbocycles. The highest BCUT2D eigenvalue weighted by Crippen LogP contribution is 2.33. The first kappa shape index (κ1) is 13.6. The summed E-state index contributed by atoms with van der Waals surface area (Å²) in [6.45, 7) is 9.30. The van der Waals surface area contributed by atoms with Crippen molar-refractivity contribution in [3.05, 3.63) is 18.0 Å². The topological polar surface area (TPSA) is 39.1 Å². The molecule has 0 saturated carbocycles. The van der Waals surface area contributed by atoms with Gasteiger partial charge >= 0.3 is 0 Å². The van der Waals surface area contributed by atoms with Crippen molar-refractivity contribution in [1.82, 2.24) is 15.1 Å². The SMILES string of the molecule is CCn1cc(C2OCCCC2CNC(C)C)cn1. The van der Waals surface area contributed by atoms with E-state index in [1.807, 2.05) is 10.9 Å². The van der Waals surface area contributed by atoms with Crippen LogP contribution in [0.3, 0.4) is 0 Å². The molecule has 1 aromatic rings. The zero-order chi connectivity index (χ0) is 13.0. The highest BCUT2D eigenvalue weighted by molar-refractivity contribution is 5.10. The predicted molar refractivity (Wildman–Crippen MR) is 72.5 cm³/mol. The highest BCUT2D eigenvalue weighted by atomic mass is 16.5. The monoisotopic (exact) mass is 251 g/mol. The molecule has 2 rings (SSSR count). The molecule has 1 fully saturated rings. The third-order valence-electron chi connectivity index (χ3n) is 3.54. The molecule has 1 aromatic heterocycles. The van der Waals surface area contributed by atoms with Gasteiger partial charge in [-0.3, -0.25) is 4.68 Å². The van der Waals surface area contributed by atoms with Gasteiger partial charge in [0.2, 0.25) is 0 Å². The molecule has 102 valence electrons. The van der Waals surface area contributed by atoms with Crippen LogP contribution in [0.5, 0.6) is 0 Å². The molecule has 0 bridgehead atoms. The summed E-state index contributed by atoms with van der Waals surface area (Å²) in [4.78, 5) is 0. The highest BCUT2D eigenvalue weighted by Gasteiger charge is 2.28. The van der Waals surface area contributed by atoms with Crippen molar-refractivity contribution >= 4 is 0 Å². The first-order chi connectivity index (χ1) is 8.70. The average Bonchev–Trinajstić information content (AvgIpc) is 2.85. The van der Waals surface area contributed by atoms with Gasteiger partial charge in [0.15, 0.2) is 0 Å². The zero-order valence-corrected chi connectivity index (χ0v) is 11.7. The van der Waals surface area contributed by atoms with Crippen LogP contribution in [-0.4, -0.2) is 29.0 Å². The van der Waals surface area contributed by atoms with Crippen molar-refractivity contribution in [2.24, 2.45) is 5.92 Å². The zero-order valence-electron chi connectivity index (χ0n) is 11.7. The first-order valence-corrected chi connectivity index (χ1v) is 7.08. The van der Waals surface area contributed by atoms with Crippen LogP contribution in [0.15, 0.2) is 12.4 Å². The van der Waals surface area contributed by atoms with Crippen LogP contribution in [0.25, 0.3) is 0 Å². The van der Waals surface area contributed by atoms with E-state index in [1.165, 1.54) is 18.4 Å². The van der Waals surface area contributed by atoms with Crippen LogP contribution in [0.1, 0.15) is 45.3 Å². The van der Waals surface area contributed by atoms with Gasteiger partial charge in [0.05, 0.1) is 12.3 Å². The fourth-order valence-electron chi connectivity index (χ4n) is 2.51. The summed E-state index contributed by atoms with van der Waals surface area (Å²) in [6.07, 6.45) is 6.70. The Morgan fingerprint density at radius 3 is 3.06 bits per heavy atom. The van der Waals surface area contributed by atoms with E-state index in [-0.39, 0.29) is 6.10 Å². The molecular weight excluding hydrogens is 226 g/mol. The average molecular weight is 251 g/mol. The summed E-state index contributed by atoms with van der Waals surface area (Å²) in [5.74, 6) is 0.565. The van der Waals surface area contributed by atoms with Crippen molar-refractivity contribution in [1.29, 1.82) is 0 Å². The molecule has 1 aliphatic rings. The van der Waals surface area contributed by atoms with Crippen molar-refractivity contribution < 1.29 is 4.74 Å². The number of hydrogen-bond acceptors (Lipinski definition) is 3. The predicted octanol–water partition coefficient (Wildman–Crippen LogP) is 2.37. The lowest BCUT2D eigenvalue weighted by molar-refractivity contribution is -0.0282. The summed E-state index contributed by atoms with van der Waals surface area (Å²) < 4.78 is 7.95. The van der Waals surface area contributed by atoms with E-state index in [0.717, 1.165) is 19.7 Å². The van der Waals surface area contributed by atoms with Gasteiger partial charge in [-0.15, -0.1) is 0 Å². The Labute approximate surface area is 110 Å². The quantitative estimate of drug-likeness (QED) is 0.873. The Bertz CT molecular complexity index is 362. The fourth-order valence-corrected chi connectivity index (χ4v) is 2.51. The molecule has 1 N–H and O–H groups in total. The van der Waals surface area contributed by atoms with Gasteiger partial charge in [-0.2, -0.15) is 5.10 Å². The van der Waals surface area contributed by atoms with Gasteiger partial charge in [-0.05, 0) is 19.8 Å². The molecule has 2 unspecified atom stereocenters. The van der Waals surface area contributed by atoms with Gasteiger partial charge in [-0.25, -0.2) is 0 Å². The van der Waals surface area contributed by atoms with Crippen LogP contribution in [0.4, 0.5) is 0 Å². The number of hydrogen-bond donors (Lipinski definition) is 1. The minimum atomic E-state index is 0.213. The molecule has 0 spiro atoms. The summed E-state index contributed by atoms with van der Waals surface area (Å²) in [6, 6.07) is 0.533. The van der Waals surface area contributed by atoms with Crippen molar-refractivity contribution in [3.8, 4) is 0 Å². The molecule has 4 heteroatoms. The van der Waals surface area contributed by atoms with E-state index in [4.69, 9.17) is 4.74 Å². The molecule has 2 heterocycles. The molecule has 18 heavy (non-hydrogen) atoms. The number of aryl methyl sites for hydroxylation is 1. The van der Waals surface area contributed by atoms with Crippen LogP contribution >= 0.6 is 0 Å². The van der Waals surface area contributed by atoms with E-state index in [9.17, 15) is 0 Å². The molecule has 0 aliphatic carbocycles. The lowest BCUT2D eigenvalue weighted by atomic mass is 9.90. The van der Waals surface area contributed by atoms with Gasteiger partial charge in [0.25, 0.3) is 0 Å². The van der Waals surface area contributed by atoms with Crippen molar-refractivity contribution in [2.45, 2.75) is 52.3 Å². The fraction of sp³-hybridized carbons (Fsp3) is 0.786. The Balaban J connectivity index is 2.02. The number of ether oxygens (including phenoxy) is 1. The Hall–Kier alpha value is -0.870. The van der Waals surface area contributed by atoms with Gasteiger partial charge in [0.1, 0.15) is 0 Å². The second kappa shape index (κ2) is 6.34. The number of aromatic nitrogens is 2. The third kappa shape index (κ3) is 3.33. The van der Waals surface area contributed by atoms with Crippen molar-refractivity contribution in [2.75, 3.05) is 13.2 Å². The van der Waals surface area contributed by atoms with Crippen LogP contribution in [0.2, 0.25) is 0 Å². The second-order valence-corrected chi connectivity index (χ2v) is 5.39. The van der Waals surface area contributed by atoms with E-state index in [0.29, 0.717) is 12.0 Å². The maximum atomic E-state index is 5.97. The minimum Gasteiger partial charge on any atom is -0.373 e. The van der Waals surface area contributed by atoms with E-state index >= 15 is 0 Å². The summed E-state index contributed by atoms with van der Waals surface area (Å²) >= 11 is 0. The van der Waals surface area contributed by atoms with Crippen LogP contribution < -0.4 is 5.32 Å². The second-order valence-electron chi connectivity index (χ2n) is 5.39. The summed E-state index contributed by atoms with van der Waals surface area (Å²) in [7, 11) is 0. The Morgan fingerprint density at radius 2 is 2.39 bits per heavy atom. The smallest absolute Gasteiger partial charge is 0.0895 e. The van der Waals surface area contributed by atoms with Gasteiger partial charge < -0.3 is 10.1 Å². The van der Waals surface area contributed by atoms with Crippen molar-refractivity contribution in [3.63, 3.8) is 0 Å². The number of nitrogens with zero attached hydrogens (tertiary/aromatic N) is 2. The maximum Gasteiger partial charge on any atom is 0.0895 e. The van der Waals surface area contributed by atoms with Gasteiger partial charge in [0, 0.05) is 43.4 Å². The van der Waals surface area contributed by atoms with Crippen LogP contribution in [0, 0.1) is 5.92 Å². The Morgan fingerprint density at radius 1 is 1.56 bits per heavy atom. The van der Waals surface area contributed by atoms with E-state index < -0.39 is 0 Å². The maximum absolute atomic E-state index is 5.97. The Kier molecular flexibility index (Phi) is 4.78. The molecular formula is C14H25N3O. The standard InChI is InChI=1S/C14H25N3O/c1-4-17-10-13(9-16-17)14-12(6-5-7-18-14)8-15-11(2)3/h9-12,14-15H,4-8H2,1-3H3. The molecule has 4 nitrogen and oxygen atoms in total. The third-order valence-corrected chi connectivity index (χ3v) is 3.54.